The lowest BCUT2D eigenvalue weighted by atomic mass is 9.91. The summed E-state index contributed by atoms with van der Waals surface area (Å²) in [6.45, 7) is 0. The third-order valence-electron chi connectivity index (χ3n) is 29.1. The maximum absolute atomic E-state index is 6.71. The third-order valence-corrected chi connectivity index (χ3v) is 32.6. The molecule has 0 spiro atoms. The molecule has 0 unspecified atom stereocenters. The number of nitrogens with zero attached hydrogens (tertiary/aromatic N) is 6. The zero-order valence-corrected chi connectivity index (χ0v) is 82.9. The van der Waals surface area contributed by atoms with Crippen LogP contribution in [0.3, 0.4) is 0 Å². The van der Waals surface area contributed by atoms with Crippen LogP contribution in [0.1, 0.15) is 0 Å². The maximum atomic E-state index is 6.71. The molecule has 0 N–H and O–H groups in total. The van der Waals surface area contributed by atoms with Crippen molar-refractivity contribution in [3.63, 3.8) is 0 Å². The number of thiophene rings is 3. The standard InChI is InChI=1S/C49H29N3OS.C46H28OS.C43H25N3OS/c1-3-11-30(12-4-1)35-24-36(33-21-22-46-42(28-33)40-16-8-10-18-45(40)54-46)26-38(25-35)49-51-47(31-13-5-2-6-14-31)50-48(52-49)34-20-19-32-27-41-39-15-7-9-17-43(39)53-44(41)29-37(32)23-34;1-2-10-29(11-3-1)30-20-22-31(23-21-30)34-24-35(26-36(25-34)38-16-9-18-41-39-14-6-7-19-44(39)48-46(38)41)37-15-8-17-40-42-27-32-12-4-5-13-33(32)28-43(42)47-45(37)40;1-2-10-26(11-3-1)27-20-22-28(23-21-27)41-44-42(46-43(45-41)34-17-8-15-32-31-14-6-7-19-38(31)48-40(32)34)33-16-9-18-36-39(33)35-24-29-12-4-5-13-30(29)25-37(35)47-36/h1-29H;1-28H;1-25H. The predicted octanol–water partition coefficient (Wildman–Crippen LogP) is 39.4. The van der Waals surface area contributed by atoms with Crippen molar-refractivity contribution in [1.29, 1.82) is 0 Å². The third kappa shape index (κ3) is 15.8. The summed E-state index contributed by atoms with van der Waals surface area (Å²) in [5.74, 6) is 3.75. The monoisotopic (exact) mass is 1970 g/mol. The second-order valence-electron chi connectivity index (χ2n) is 38.2. The van der Waals surface area contributed by atoms with Crippen molar-refractivity contribution in [3.05, 3.63) is 497 Å². The highest BCUT2D eigenvalue weighted by molar-refractivity contribution is 7.27. The van der Waals surface area contributed by atoms with E-state index in [0.717, 1.165) is 160 Å². The van der Waals surface area contributed by atoms with E-state index in [2.05, 4.69) is 437 Å². The van der Waals surface area contributed by atoms with Crippen LogP contribution in [0.4, 0.5) is 0 Å². The molecule has 9 nitrogen and oxygen atoms in total. The summed E-state index contributed by atoms with van der Waals surface area (Å²) in [4.78, 5) is 31.0. The molecule has 0 saturated carbocycles. The van der Waals surface area contributed by atoms with Crippen molar-refractivity contribution in [2.75, 3.05) is 0 Å². The largest absolute Gasteiger partial charge is 0.456 e. The van der Waals surface area contributed by atoms with E-state index in [4.69, 9.17) is 43.2 Å². The molecule has 0 amide bonds. The Hall–Kier alpha value is -19.1. The van der Waals surface area contributed by atoms with Gasteiger partial charge in [-0.25, -0.2) is 29.9 Å². The van der Waals surface area contributed by atoms with Gasteiger partial charge in [-0.2, -0.15) is 0 Å². The maximum Gasteiger partial charge on any atom is 0.165 e. The Labute approximate surface area is 872 Å². The molecule has 0 aliphatic carbocycles. The molecule has 0 radical (unpaired) electrons. The highest BCUT2D eigenvalue weighted by Gasteiger charge is 2.26. The Morgan fingerprint density at radius 2 is 0.480 bits per heavy atom. The average Bonchev–Trinajstić information content (AvgIpc) is 1.57. The lowest BCUT2D eigenvalue weighted by molar-refractivity contribution is 0.669. The normalized spacial score (nSPS) is 11.7. The lowest BCUT2D eigenvalue weighted by Gasteiger charge is -2.13. The van der Waals surface area contributed by atoms with Gasteiger partial charge in [0.05, 0.1) is 0 Å². The summed E-state index contributed by atoms with van der Waals surface area (Å²) >= 11 is 5.49. The number of fused-ring (bicyclic) bond motifs is 21. The van der Waals surface area contributed by atoms with E-state index in [9.17, 15) is 0 Å². The summed E-state index contributed by atoms with van der Waals surface area (Å²) in [7, 11) is 0. The van der Waals surface area contributed by atoms with Crippen LogP contribution in [0.5, 0.6) is 0 Å². The van der Waals surface area contributed by atoms with Crippen molar-refractivity contribution in [2.45, 2.75) is 0 Å². The van der Waals surface area contributed by atoms with E-state index in [0.29, 0.717) is 34.9 Å². The van der Waals surface area contributed by atoms with E-state index in [1.165, 1.54) is 110 Å². The molecule has 0 aliphatic heterocycles. The van der Waals surface area contributed by atoms with Crippen LogP contribution in [-0.4, -0.2) is 29.9 Å². The van der Waals surface area contributed by atoms with Gasteiger partial charge in [0.15, 0.2) is 34.9 Å². The molecule has 23 aromatic carbocycles. The minimum Gasteiger partial charge on any atom is -0.456 e. The summed E-state index contributed by atoms with van der Waals surface area (Å²) in [5, 5.41) is 21.1. The smallest absolute Gasteiger partial charge is 0.165 e. The van der Waals surface area contributed by atoms with E-state index < -0.39 is 0 Å². The van der Waals surface area contributed by atoms with Crippen LogP contribution in [-0.2, 0) is 0 Å². The fourth-order valence-electron chi connectivity index (χ4n) is 21.7. The Bertz CT molecular complexity index is 10800. The molecule has 0 fully saturated rings. The van der Waals surface area contributed by atoms with E-state index >= 15 is 0 Å². The number of para-hydroxylation sites is 2. The quantitative estimate of drug-likeness (QED) is 0.111. The Morgan fingerprint density at radius 1 is 0.140 bits per heavy atom. The summed E-state index contributed by atoms with van der Waals surface area (Å²) in [6.07, 6.45) is 0. The number of rotatable bonds is 13. The van der Waals surface area contributed by atoms with Gasteiger partial charge in [-0.05, 0) is 232 Å². The van der Waals surface area contributed by atoms with Crippen LogP contribution in [0.2, 0.25) is 0 Å². The second kappa shape index (κ2) is 36.6. The molecular weight excluding hydrogens is 1890 g/mol. The second-order valence-corrected chi connectivity index (χ2v) is 41.4. The zero-order valence-electron chi connectivity index (χ0n) is 80.5. The molecule has 8 aromatic heterocycles. The minimum atomic E-state index is 0.613. The predicted molar refractivity (Wildman–Crippen MR) is 630 cm³/mol. The van der Waals surface area contributed by atoms with Gasteiger partial charge in [0.2, 0.25) is 0 Å². The number of hydrogen-bond donors (Lipinski definition) is 0. The van der Waals surface area contributed by atoms with Crippen molar-refractivity contribution < 1.29 is 13.3 Å². The van der Waals surface area contributed by atoms with Crippen LogP contribution in [0.25, 0.3) is 305 Å². The van der Waals surface area contributed by atoms with Crippen LogP contribution in [0.15, 0.2) is 511 Å². The molecule has 31 rings (SSSR count). The number of benzene rings is 23. The molecule has 0 bridgehead atoms. The van der Waals surface area contributed by atoms with Crippen LogP contribution in [0, 0.1) is 0 Å². The molecule has 0 aliphatic rings. The Morgan fingerprint density at radius 3 is 1.10 bits per heavy atom. The van der Waals surface area contributed by atoms with Gasteiger partial charge >= 0.3 is 0 Å². The van der Waals surface area contributed by atoms with Gasteiger partial charge in [-0.3, -0.25) is 0 Å². The van der Waals surface area contributed by atoms with Gasteiger partial charge in [0.25, 0.3) is 0 Å². The summed E-state index contributed by atoms with van der Waals surface area (Å²) in [6, 6.07) is 176. The Balaban J connectivity index is 0.000000106. The number of hydrogen-bond acceptors (Lipinski definition) is 12. The van der Waals surface area contributed by atoms with Crippen molar-refractivity contribution in [2.24, 2.45) is 0 Å². The van der Waals surface area contributed by atoms with Crippen molar-refractivity contribution >= 4 is 193 Å². The molecule has 0 saturated heterocycles. The average molecular weight is 1970 g/mol. The SMILES string of the molecule is c1ccc(-c2cc(-c3ccc4sc5ccccc5c4c3)cc(-c3nc(-c4ccccc4)nc(-c4ccc5cc6c(cc5c4)oc4ccccc46)n3)c2)cc1.c1ccc(-c2ccc(-c3cc(-c4cccc5c4oc4cc6ccccc6cc45)cc(-c4cccc5c4sc4ccccc45)c3)cc2)cc1.c1ccc(-c2ccc(-c3nc(-c4cccc5c4sc4ccccc45)nc(-c4cccc5oc6cc7ccccc7cc6c45)n3)cc2)cc1. The zero-order chi connectivity index (χ0) is 98.8. The molecule has 0 atom stereocenters. The molecule has 700 valence electrons. The number of aromatic nitrogens is 6. The van der Waals surface area contributed by atoms with E-state index in [1.54, 1.807) is 11.3 Å². The topological polar surface area (TPSA) is 117 Å². The van der Waals surface area contributed by atoms with Gasteiger partial charge in [-0.15, -0.1) is 34.0 Å². The molecule has 31 aromatic rings. The van der Waals surface area contributed by atoms with Gasteiger partial charge in [0.1, 0.15) is 33.5 Å². The summed E-state index contributed by atoms with van der Waals surface area (Å²) < 4.78 is 27.0. The van der Waals surface area contributed by atoms with Crippen LogP contribution >= 0.6 is 34.0 Å². The first kappa shape index (κ1) is 87.5. The van der Waals surface area contributed by atoms with Gasteiger partial charge < -0.3 is 13.3 Å². The molecule has 12 heteroatoms. The molecular formula is C138H82N6O3S3. The first-order valence-electron chi connectivity index (χ1n) is 50.3. The number of furan rings is 3. The highest BCUT2D eigenvalue weighted by atomic mass is 32.1. The fraction of sp³-hybridized carbons (Fsp3) is 0. The summed E-state index contributed by atoms with van der Waals surface area (Å²) in [5.41, 5.74) is 27.1. The van der Waals surface area contributed by atoms with Gasteiger partial charge in [0, 0.05) is 132 Å². The van der Waals surface area contributed by atoms with Crippen molar-refractivity contribution in [1.82, 2.24) is 29.9 Å². The lowest BCUT2D eigenvalue weighted by Crippen LogP contribution is -2.00. The van der Waals surface area contributed by atoms with Crippen molar-refractivity contribution in [3.8, 4) is 146 Å². The first-order valence-corrected chi connectivity index (χ1v) is 52.7. The van der Waals surface area contributed by atoms with Crippen LogP contribution < -0.4 is 0 Å². The fourth-order valence-corrected chi connectivity index (χ4v) is 25.2. The first-order chi connectivity index (χ1) is 74.2. The van der Waals surface area contributed by atoms with E-state index in [-0.39, 0.29) is 0 Å². The minimum absolute atomic E-state index is 0.613. The molecule has 150 heavy (non-hydrogen) atoms. The highest BCUT2D eigenvalue weighted by Crippen LogP contribution is 2.49. The Kier molecular flexibility index (Phi) is 21.3. The molecule has 8 heterocycles. The van der Waals surface area contributed by atoms with E-state index in [1.807, 2.05) is 83.3 Å². The van der Waals surface area contributed by atoms with Gasteiger partial charge in [-0.1, -0.05) is 370 Å².